The third-order valence-electron chi connectivity index (χ3n) is 1.90. The Bertz CT molecular complexity index is 352. The molecule has 6 heteroatoms. The van der Waals surface area contributed by atoms with Gasteiger partial charge >= 0.3 is 6.18 Å². The van der Waals surface area contributed by atoms with Gasteiger partial charge in [0.1, 0.15) is 0 Å². The first kappa shape index (κ1) is 12.1. The minimum Gasteiger partial charge on any atom is -0.398 e. The Morgan fingerprint density at radius 2 is 1.93 bits per heavy atom. The highest BCUT2D eigenvalue weighted by atomic mass is 35.5. The molecule has 0 aliphatic rings. The van der Waals surface area contributed by atoms with Crippen molar-refractivity contribution in [1.82, 2.24) is 0 Å². The van der Waals surface area contributed by atoms with Gasteiger partial charge < -0.3 is 11.5 Å². The first-order valence-corrected chi connectivity index (χ1v) is 4.54. The van der Waals surface area contributed by atoms with E-state index < -0.39 is 18.6 Å². The minimum atomic E-state index is -4.31. The van der Waals surface area contributed by atoms with Gasteiger partial charge in [-0.1, -0.05) is 11.6 Å². The number of halogens is 4. The van der Waals surface area contributed by atoms with Crippen molar-refractivity contribution in [2.75, 3.05) is 5.73 Å². The summed E-state index contributed by atoms with van der Waals surface area (Å²) < 4.78 is 36.2. The first-order chi connectivity index (χ1) is 6.79. The third-order valence-corrected chi connectivity index (χ3v) is 2.13. The van der Waals surface area contributed by atoms with Gasteiger partial charge in [-0.2, -0.15) is 13.2 Å². The molecule has 0 fully saturated rings. The average molecular weight is 239 g/mol. The largest absolute Gasteiger partial charge is 0.398 e. The highest BCUT2D eigenvalue weighted by Crippen LogP contribution is 2.31. The Balaban J connectivity index is 2.90. The molecule has 0 amide bonds. The molecule has 0 heterocycles. The fourth-order valence-electron chi connectivity index (χ4n) is 1.23. The molecule has 84 valence electrons. The number of hydrogen-bond donors (Lipinski definition) is 2. The van der Waals surface area contributed by atoms with Crippen molar-refractivity contribution < 1.29 is 13.2 Å². The van der Waals surface area contributed by atoms with E-state index in [2.05, 4.69) is 0 Å². The van der Waals surface area contributed by atoms with Crippen LogP contribution in [0.5, 0.6) is 0 Å². The molecule has 0 unspecified atom stereocenters. The van der Waals surface area contributed by atoms with Crippen molar-refractivity contribution in [3.05, 3.63) is 28.8 Å². The lowest BCUT2D eigenvalue weighted by atomic mass is 10.0. The molecule has 2 nitrogen and oxygen atoms in total. The molecule has 1 rings (SSSR count). The van der Waals surface area contributed by atoms with Crippen molar-refractivity contribution in [1.29, 1.82) is 0 Å². The molecule has 0 saturated heterocycles. The molecule has 15 heavy (non-hydrogen) atoms. The van der Waals surface area contributed by atoms with Crippen molar-refractivity contribution >= 4 is 17.3 Å². The molecule has 4 N–H and O–H groups in total. The van der Waals surface area contributed by atoms with E-state index in [0.717, 1.165) is 0 Å². The fraction of sp³-hybridized carbons (Fsp3) is 0.333. The highest BCUT2D eigenvalue weighted by molar-refractivity contribution is 6.30. The summed E-state index contributed by atoms with van der Waals surface area (Å²) >= 11 is 5.64. The van der Waals surface area contributed by atoms with E-state index in [0.29, 0.717) is 5.02 Å². The summed E-state index contributed by atoms with van der Waals surface area (Å²) in [6.07, 6.45) is -5.42. The summed E-state index contributed by atoms with van der Waals surface area (Å²) in [6, 6.07) is 3.12. The molecular formula is C9H10ClF3N2. The van der Waals surface area contributed by atoms with Crippen LogP contribution in [0.4, 0.5) is 18.9 Å². The molecule has 0 aromatic heterocycles. The van der Waals surface area contributed by atoms with Crippen molar-refractivity contribution in [3.8, 4) is 0 Å². The van der Waals surface area contributed by atoms with E-state index in [1.54, 1.807) is 0 Å². The van der Waals surface area contributed by atoms with Crippen LogP contribution in [0, 0.1) is 0 Å². The SMILES string of the molecule is Nc1ccc(Cl)cc1[C@H](N)CC(F)(F)F. The summed E-state index contributed by atoms with van der Waals surface area (Å²) in [6.45, 7) is 0. The fourth-order valence-corrected chi connectivity index (χ4v) is 1.41. The first-order valence-electron chi connectivity index (χ1n) is 4.17. The second-order valence-corrected chi connectivity index (χ2v) is 3.64. The van der Waals surface area contributed by atoms with Gasteiger partial charge in [-0.05, 0) is 23.8 Å². The molecule has 1 aromatic carbocycles. The Morgan fingerprint density at radius 1 is 1.33 bits per heavy atom. The van der Waals surface area contributed by atoms with Gasteiger partial charge in [0.15, 0.2) is 0 Å². The maximum absolute atomic E-state index is 12.1. The number of rotatable bonds is 2. The number of anilines is 1. The lowest BCUT2D eigenvalue weighted by molar-refractivity contribution is -0.138. The second-order valence-electron chi connectivity index (χ2n) is 3.20. The molecule has 1 aromatic rings. The maximum Gasteiger partial charge on any atom is 0.390 e. The van der Waals surface area contributed by atoms with Crippen LogP contribution in [0.15, 0.2) is 18.2 Å². The Kier molecular flexibility index (Phi) is 3.46. The van der Waals surface area contributed by atoms with E-state index in [-0.39, 0.29) is 11.3 Å². The van der Waals surface area contributed by atoms with Gasteiger partial charge in [-0.15, -0.1) is 0 Å². The van der Waals surface area contributed by atoms with Crippen LogP contribution in [-0.4, -0.2) is 6.18 Å². The molecule has 0 aliphatic carbocycles. The van der Waals surface area contributed by atoms with Crippen LogP contribution in [0.25, 0.3) is 0 Å². The van der Waals surface area contributed by atoms with Crippen LogP contribution < -0.4 is 11.5 Å². The molecule has 1 atom stereocenters. The van der Waals surface area contributed by atoms with Crippen molar-refractivity contribution in [2.45, 2.75) is 18.6 Å². The molecule has 0 aliphatic heterocycles. The van der Waals surface area contributed by atoms with Crippen molar-refractivity contribution in [2.24, 2.45) is 5.73 Å². The predicted octanol–water partition coefficient (Wildman–Crippen LogP) is 2.87. The normalized spacial score (nSPS) is 13.9. The summed E-state index contributed by atoms with van der Waals surface area (Å²) in [5.41, 5.74) is 11.3. The second kappa shape index (κ2) is 4.28. The van der Waals surface area contributed by atoms with Gasteiger partial charge in [-0.25, -0.2) is 0 Å². The zero-order valence-electron chi connectivity index (χ0n) is 7.68. The monoisotopic (exact) mass is 238 g/mol. The molecule has 0 radical (unpaired) electrons. The summed E-state index contributed by atoms with van der Waals surface area (Å²) in [7, 11) is 0. The highest BCUT2D eigenvalue weighted by Gasteiger charge is 2.31. The lowest BCUT2D eigenvalue weighted by Crippen LogP contribution is -2.21. The number of nitrogen functional groups attached to an aromatic ring is 1. The molecule has 0 spiro atoms. The number of benzene rings is 1. The lowest BCUT2D eigenvalue weighted by Gasteiger charge is -2.16. The molecular weight excluding hydrogens is 229 g/mol. The van der Waals surface area contributed by atoms with Gasteiger partial charge in [0.25, 0.3) is 0 Å². The summed E-state index contributed by atoms with van der Waals surface area (Å²) in [4.78, 5) is 0. The van der Waals surface area contributed by atoms with Crippen LogP contribution in [0.1, 0.15) is 18.0 Å². The Morgan fingerprint density at radius 3 is 2.47 bits per heavy atom. The van der Waals surface area contributed by atoms with Crippen LogP contribution in [0.3, 0.4) is 0 Å². The van der Waals surface area contributed by atoms with E-state index in [1.165, 1.54) is 18.2 Å². The molecule has 0 saturated carbocycles. The Hall–Kier alpha value is -0.940. The summed E-state index contributed by atoms with van der Waals surface area (Å²) in [5.74, 6) is 0. The van der Waals surface area contributed by atoms with E-state index in [9.17, 15) is 13.2 Å². The maximum atomic E-state index is 12.1. The quantitative estimate of drug-likeness (QED) is 0.779. The van der Waals surface area contributed by atoms with Crippen LogP contribution in [0.2, 0.25) is 5.02 Å². The zero-order valence-corrected chi connectivity index (χ0v) is 8.44. The number of alkyl halides is 3. The van der Waals surface area contributed by atoms with Gasteiger partial charge in [0.2, 0.25) is 0 Å². The van der Waals surface area contributed by atoms with E-state index in [4.69, 9.17) is 23.1 Å². The predicted molar refractivity (Wildman–Crippen MR) is 53.5 cm³/mol. The smallest absolute Gasteiger partial charge is 0.390 e. The number of hydrogen-bond acceptors (Lipinski definition) is 2. The molecule has 0 bridgehead atoms. The average Bonchev–Trinajstić information content (AvgIpc) is 2.06. The van der Waals surface area contributed by atoms with E-state index >= 15 is 0 Å². The topological polar surface area (TPSA) is 52.0 Å². The van der Waals surface area contributed by atoms with Gasteiger partial charge in [0, 0.05) is 16.8 Å². The van der Waals surface area contributed by atoms with Crippen LogP contribution in [-0.2, 0) is 0 Å². The summed E-state index contributed by atoms with van der Waals surface area (Å²) in [5, 5.41) is 0.317. The number of nitrogens with two attached hydrogens (primary N) is 2. The zero-order chi connectivity index (χ0) is 11.6. The third kappa shape index (κ3) is 3.60. The standard InChI is InChI=1S/C9H10ClF3N2/c10-5-1-2-7(14)6(3-5)8(15)4-9(11,12)13/h1-3,8H,4,14-15H2/t8-/m1/s1. The van der Waals surface area contributed by atoms with Crippen molar-refractivity contribution in [3.63, 3.8) is 0 Å². The van der Waals surface area contributed by atoms with Crippen LogP contribution >= 0.6 is 11.6 Å². The van der Waals surface area contributed by atoms with Gasteiger partial charge in [-0.3, -0.25) is 0 Å². The minimum absolute atomic E-state index is 0.219. The van der Waals surface area contributed by atoms with E-state index in [1.807, 2.05) is 0 Å². The van der Waals surface area contributed by atoms with Gasteiger partial charge in [0.05, 0.1) is 6.42 Å². The Labute approximate surface area is 90.0 Å².